The van der Waals surface area contributed by atoms with Crippen molar-refractivity contribution in [3.8, 4) is 0 Å². The highest BCUT2D eigenvalue weighted by molar-refractivity contribution is 9.10. The van der Waals surface area contributed by atoms with Gasteiger partial charge in [0.05, 0.1) is 13.2 Å². The van der Waals surface area contributed by atoms with Crippen molar-refractivity contribution in [2.24, 2.45) is 0 Å². The Labute approximate surface area is 118 Å². The van der Waals surface area contributed by atoms with Crippen molar-refractivity contribution in [1.29, 1.82) is 0 Å². The molecule has 0 spiro atoms. The molecule has 102 valence electrons. The lowest BCUT2D eigenvalue weighted by Crippen LogP contribution is -2.21. The summed E-state index contributed by atoms with van der Waals surface area (Å²) in [6.45, 7) is 5.27. The molecule has 1 aromatic rings. The number of benzene rings is 1. The Bertz CT molecular complexity index is 316. The summed E-state index contributed by atoms with van der Waals surface area (Å²) in [5, 5.41) is 3.48. The van der Waals surface area contributed by atoms with Crippen molar-refractivity contribution in [2.75, 3.05) is 33.5 Å². The van der Waals surface area contributed by atoms with E-state index in [1.54, 1.807) is 7.11 Å². The summed E-state index contributed by atoms with van der Waals surface area (Å²) in [5.41, 5.74) is 1.30. The number of methoxy groups -OCH3 is 1. The highest BCUT2D eigenvalue weighted by Gasteiger charge is 2.03. The molecule has 18 heavy (non-hydrogen) atoms. The Balaban J connectivity index is 2.10. The van der Waals surface area contributed by atoms with E-state index in [9.17, 15) is 0 Å². The van der Waals surface area contributed by atoms with Gasteiger partial charge in [-0.05, 0) is 37.6 Å². The van der Waals surface area contributed by atoms with Crippen LogP contribution in [0.4, 0.5) is 0 Å². The third kappa shape index (κ3) is 6.50. The van der Waals surface area contributed by atoms with E-state index in [-0.39, 0.29) is 0 Å². The molecule has 0 heterocycles. The molecule has 1 rings (SSSR count). The lowest BCUT2D eigenvalue weighted by Gasteiger charge is -2.14. The molecule has 1 atom stereocenters. The SMILES string of the molecule is COCCOCCCN[C@H](C)c1ccc(Br)cc1. The molecule has 0 aromatic heterocycles. The van der Waals surface area contributed by atoms with Crippen LogP contribution in [-0.4, -0.2) is 33.5 Å². The molecule has 0 unspecified atom stereocenters. The zero-order valence-electron chi connectivity index (χ0n) is 11.1. The Hall–Kier alpha value is -0.420. The molecular weight excluding hydrogens is 294 g/mol. The van der Waals surface area contributed by atoms with Gasteiger partial charge in [-0.3, -0.25) is 0 Å². The van der Waals surface area contributed by atoms with Crippen LogP contribution in [0.25, 0.3) is 0 Å². The monoisotopic (exact) mass is 315 g/mol. The average molecular weight is 316 g/mol. The Morgan fingerprint density at radius 2 is 1.89 bits per heavy atom. The predicted octanol–water partition coefficient (Wildman–Crippen LogP) is 3.15. The van der Waals surface area contributed by atoms with E-state index in [2.05, 4.69) is 52.4 Å². The van der Waals surface area contributed by atoms with Crippen LogP contribution >= 0.6 is 15.9 Å². The summed E-state index contributed by atoms with van der Waals surface area (Å²) in [7, 11) is 1.69. The van der Waals surface area contributed by atoms with Gasteiger partial charge in [0.2, 0.25) is 0 Å². The fourth-order valence-corrected chi connectivity index (χ4v) is 1.87. The summed E-state index contributed by atoms with van der Waals surface area (Å²) in [4.78, 5) is 0. The summed E-state index contributed by atoms with van der Waals surface area (Å²) >= 11 is 3.44. The first-order chi connectivity index (χ1) is 8.74. The van der Waals surface area contributed by atoms with E-state index in [0.29, 0.717) is 19.3 Å². The van der Waals surface area contributed by atoms with Crippen LogP contribution in [-0.2, 0) is 9.47 Å². The van der Waals surface area contributed by atoms with Crippen molar-refractivity contribution < 1.29 is 9.47 Å². The van der Waals surface area contributed by atoms with Gasteiger partial charge >= 0.3 is 0 Å². The molecule has 0 bridgehead atoms. The smallest absolute Gasteiger partial charge is 0.0700 e. The standard InChI is InChI=1S/C14H22BrNO2/c1-12(13-4-6-14(15)7-5-13)16-8-3-9-18-11-10-17-2/h4-7,12,16H,3,8-11H2,1-2H3/t12-/m1/s1. The van der Waals surface area contributed by atoms with Crippen LogP contribution in [0.3, 0.4) is 0 Å². The van der Waals surface area contributed by atoms with Crippen LogP contribution in [0.1, 0.15) is 24.9 Å². The van der Waals surface area contributed by atoms with E-state index in [4.69, 9.17) is 9.47 Å². The first-order valence-corrected chi connectivity index (χ1v) is 7.09. The van der Waals surface area contributed by atoms with E-state index >= 15 is 0 Å². The topological polar surface area (TPSA) is 30.5 Å². The zero-order chi connectivity index (χ0) is 13.2. The van der Waals surface area contributed by atoms with Crippen molar-refractivity contribution >= 4 is 15.9 Å². The maximum Gasteiger partial charge on any atom is 0.0700 e. The molecule has 0 fully saturated rings. The lowest BCUT2D eigenvalue weighted by atomic mass is 10.1. The maximum atomic E-state index is 5.41. The van der Waals surface area contributed by atoms with Gasteiger partial charge in [0, 0.05) is 24.2 Å². The Kier molecular flexibility index (Phi) is 8.25. The minimum atomic E-state index is 0.372. The molecule has 4 heteroatoms. The van der Waals surface area contributed by atoms with Gasteiger partial charge in [-0.25, -0.2) is 0 Å². The fourth-order valence-electron chi connectivity index (χ4n) is 1.61. The van der Waals surface area contributed by atoms with Crippen molar-refractivity contribution in [1.82, 2.24) is 5.32 Å². The second-order valence-electron chi connectivity index (χ2n) is 4.19. The molecular formula is C14H22BrNO2. The van der Waals surface area contributed by atoms with E-state index in [1.165, 1.54) is 5.56 Å². The molecule has 1 N–H and O–H groups in total. The second kappa shape index (κ2) is 9.50. The van der Waals surface area contributed by atoms with Gasteiger partial charge in [0.25, 0.3) is 0 Å². The molecule has 0 saturated heterocycles. The molecule has 1 aromatic carbocycles. The molecule has 0 aliphatic heterocycles. The number of rotatable bonds is 9. The molecule has 0 aliphatic rings. The van der Waals surface area contributed by atoms with Gasteiger partial charge in [-0.15, -0.1) is 0 Å². The van der Waals surface area contributed by atoms with Crippen LogP contribution in [0.5, 0.6) is 0 Å². The third-order valence-corrected chi connectivity index (χ3v) is 3.25. The van der Waals surface area contributed by atoms with Gasteiger partial charge in [0.1, 0.15) is 0 Å². The van der Waals surface area contributed by atoms with Gasteiger partial charge in [-0.2, -0.15) is 0 Å². The summed E-state index contributed by atoms with van der Waals surface area (Å²) < 4.78 is 11.4. The van der Waals surface area contributed by atoms with Crippen molar-refractivity contribution in [2.45, 2.75) is 19.4 Å². The lowest BCUT2D eigenvalue weighted by molar-refractivity contribution is 0.0693. The minimum Gasteiger partial charge on any atom is -0.382 e. The fraction of sp³-hybridized carbons (Fsp3) is 0.571. The van der Waals surface area contributed by atoms with E-state index in [1.807, 2.05) is 0 Å². The Morgan fingerprint density at radius 3 is 2.56 bits per heavy atom. The molecule has 3 nitrogen and oxygen atoms in total. The number of halogens is 1. The average Bonchev–Trinajstić information content (AvgIpc) is 2.38. The molecule has 0 amide bonds. The molecule has 0 saturated carbocycles. The highest BCUT2D eigenvalue weighted by atomic mass is 79.9. The number of hydrogen-bond donors (Lipinski definition) is 1. The highest BCUT2D eigenvalue weighted by Crippen LogP contribution is 2.16. The first-order valence-electron chi connectivity index (χ1n) is 6.29. The van der Waals surface area contributed by atoms with Gasteiger partial charge < -0.3 is 14.8 Å². The minimum absolute atomic E-state index is 0.372. The Morgan fingerprint density at radius 1 is 1.17 bits per heavy atom. The van der Waals surface area contributed by atoms with Crippen molar-refractivity contribution in [3.05, 3.63) is 34.3 Å². The first kappa shape index (κ1) is 15.6. The van der Waals surface area contributed by atoms with E-state index < -0.39 is 0 Å². The summed E-state index contributed by atoms with van der Waals surface area (Å²) in [5.74, 6) is 0. The quantitative estimate of drug-likeness (QED) is 0.710. The summed E-state index contributed by atoms with van der Waals surface area (Å²) in [6.07, 6.45) is 1.02. The van der Waals surface area contributed by atoms with Crippen LogP contribution in [0.15, 0.2) is 28.7 Å². The van der Waals surface area contributed by atoms with Crippen LogP contribution in [0.2, 0.25) is 0 Å². The second-order valence-corrected chi connectivity index (χ2v) is 5.10. The third-order valence-electron chi connectivity index (χ3n) is 2.72. The van der Waals surface area contributed by atoms with Gasteiger partial charge in [-0.1, -0.05) is 28.1 Å². The number of hydrogen-bond acceptors (Lipinski definition) is 3. The van der Waals surface area contributed by atoms with Gasteiger partial charge in [0.15, 0.2) is 0 Å². The van der Waals surface area contributed by atoms with E-state index in [0.717, 1.165) is 24.0 Å². The summed E-state index contributed by atoms with van der Waals surface area (Å²) in [6, 6.07) is 8.79. The van der Waals surface area contributed by atoms with Crippen LogP contribution < -0.4 is 5.32 Å². The van der Waals surface area contributed by atoms with Crippen molar-refractivity contribution in [3.63, 3.8) is 0 Å². The number of nitrogens with one attached hydrogen (secondary N) is 1. The molecule has 0 radical (unpaired) electrons. The number of ether oxygens (including phenoxy) is 2. The normalized spacial score (nSPS) is 12.6. The van der Waals surface area contributed by atoms with Crippen LogP contribution in [0, 0.1) is 0 Å². The predicted molar refractivity (Wildman–Crippen MR) is 77.9 cm³/mol. The molecule has 0 aliphatic carbocycles. The zero-order valence-corrected chi connectivity index (χ0v) is 12.7. The largest absolute Gasteiger partial charge is 0.382 e. The maximum absolute atomic E-state index is 5.41.